The van der Waals surface area contributed by atoms with Crippen molar-refractivity contribution >= 4 is 16.6 Å². The summed E-state index contributed by atoms with van der Waals surface area (Å²) in [6.07, 6.45) is 4.78. The number of hydrogen-bond donors (Lipinski definition) is 0. The average molecular weight is 303 g/mol. The number of benzene rings is 2. The van der Waals surface area contributed by atoms with Gasteiger partial charge in [-0.3, -0.25) is 0 Å². The maximum Gasteiger partial charge on any atom is 0.130 e. The summed E-state index contributed by atoms with van der Waals surface area (Å²) in [5.74, 6) is 0.176. The van der Waals surface area contributed by atoms with Crippen LogP contribution in [0.3, 0.4) is 0 Å². The third-order valence-corrected chi connectivity index (χ3v) is 3.93. The largest absolute Gasteiger partial charge is 0.330 e. The number of hydrogen-bond acceptors (Lipinski definition) is 3. The quantitative estimate of drug-likeness (QED) is 0.725. The average Bonchev–Trinajstić information content (AvgIpc) is 2.99. The molecule has 1 heterocycles. The van der Waals surface area contributed by atoms with Crippen LogP contribution < -0.4 is 0 Å². The van der Waals surface area contributed by atoms with Crippen molar-refractivity contribution in [3.05, 3.63) is 65.7 Å². The van der Waals surface area contributed by atoms with Crippen LogP contribution in [-0.4, -0.2) is 15.3 Å². The standard InChI is InChI=1S/C19H17N3O/c1-14(23)6-7-18-11-21-13-22(18)12-15-8-16-4-2-3-5-19(16)17(9-15)10-20/h2-5,8-9,11,13H,6-7,12H2,1H3. The van der Waals surface area contributed by atoms with Crippen molar-refractivity contribution in [1.82, 2.24) is 9.55 Å². The number of rotatable bonds is 5. The first-order valence-corrected chi connectivity index (χ1v) is 7.57. The number of carbonyl (C=O) groups is 1. The molecule has 0 radical (unpaired) electrons. The zero-order chi connectivity index (χ0) is 16.2. The number of nitriles is 1. The maximum atomic E-state index is 11.2. The number of aromatic nitrogens is 2. The Morgan fingerprint density at radius 2 is 2.13 bits per heavy atom. The van der Waals surface area contributed by atoms with Crippen molar-refractivity contribution in [1.29, 1.82) is 5.26 Å². The van der Waals surface area contributed by atoms with Crippen LogP contribution >= 0.6 is 0 Å². The molecule has 0 aliphatic heterocycles. The molecule has 0 N–H and O–H groups in total. The number of carbonyl (C=O) groups excluding carboxylic acids is 1. The number of fused-ring (bicyclic) bond motifs is 1. The van der Waals surface area contributed by atoms with Gasteiger partial charge in [0.05, 0.1) is 18.0 Å². The first kappa shape index (κ1) is 15.0. The van der Waals surface area contributed by atoms with Gasteiger partial charge in [0.1, 0.15) is 5.78 Å². The molecule has 0 atom stereocenters. The number of ketones is 1. The van der Waals surface area contributed by atoms with Crippen molar-refractivity contribution < 1.29 is 4.79 Å². The summed E-state index contributed by atoms with van der Waals surface area (Å²) in [4.78, 5) is 15.4. The smallest absolute Gasteiger partial charge is 0.130 e. The van der Waals surface area contributed by atoms with Crippen molar-refractivity contribution in [3.8, 4) is 6.07 Å². The lowest BCUT2D eigenvalue weighted by Crippen LogP contribution is -2.05. The molecule has 4 nitrogen and oxygen atoms in total. The number of Topliss-reactive ketones (excluding diaryl/α,β-unsaturated/α-hetero) is 1. The molecular formula is C19H17N3O. The van der Waals surface area contributed by atoms with Crippen molar-refractivity contribution in [3.63, 3.8) is 0 Å². The van der Waals surface area contributed by atoms with E-state index in [1.165, 1.54) is 0 Å². The predicted octanol–water partition coefficient (Wildman–Crippen LogP) is 3.48. The highest BCUT2D eigenvalue weighted by Crippen LogP contribution is 2.21. The van der Waals surface area contributed by atoms with Gasteiger partial charge in [-0.2, -0.15) is 5.26 Å². The summed E-state index contributed by atoms with van der Waals surface area (Å²) >= 11 is 0. The van der Waals surface area contributed by atoms with Crippen molar-refractivity contribution in [2.24, 2.45) is 0 Å². The van der Waals surface area contributed by atoms with Gasteiger partial charge in [-0.05, 0) is 41.8 Å². The minimum absolute atomic E-state index is 0.176. The molecule has 0 bridgehead atoms. The van der Waals surface area contributed by atoms with E-state index in [-0.39, 0.29) is 5.78 Å². The molecule has 0 aliphatic rings. The fourth-order valence-corrected chi connectivity index (χ4v) is 2.76. The van der Waals surface area contributed by atoms with Gasteiger partial charge >= 0.3 is 0 Å². The lowest BCUT2D eigenvalue weighted by molar-refractivity contribution is -0.117. The lowest BCUT2D eigenvalue weighted by atomic mass is 10.0. The summed E-state index contributed by atoms with van der Waals surface area (Å²) in [6, 6.07) is 14.2. The second-order valence-electron chi connectivity index (χ2n) is 5.69. The van der Waals surface area contributed by atoms with E-state index in [4.69, 9.17) is 0 Å². The summed E-state index contributed by atoms with van der Waals surface area (Å²) in [7, 11) is 0. The molecule has 0 saturated carbocycles. The fraction of sp³-hybridized carbons (Fsp3) is 0.211. The van der Waals surface area contributed by atoms with E-state index in [2.05, 4.69) is 17.1 Å². The van der Waals surface area contributed by atoms with Gasteiger partial charge in [0.2, 0.25) is 0 Å². The molecule has 114 valence electrons. The molecule has 23 heavy (non-hydrogen) atoms. The van der Waals surface area contributed by atoms with Crippen LogP contribution in [0.5, 0.6) is 0 Å². The van der Waals surface area contributed by atoms with Crippen LogP contribution in [-0.2, 0) is 17.8 Å². The highest BCUT2D eigenvalue weighted by molar-refractivity contribution is 5.88. The second-order valence-corrected chi connectivity index (χ2v) is 5.69. The molecule has 1 aromatic heterocycles. The molecule has 0 aliphatic carbocycles. The lowest BCUT2D eigenvalue weighted by Gasteiger charge is -2.10. The monoisotopic (exact) mass is 303 g/mol. The van der Waals surface area contributed by atoms with E-state index in [1.807, 2.05) is 34.9 Å². The van der Waals surface area contributed by atoms with E-state index in [1.54, 1.807) is 19.4 Å². The SMILES string of the molecule is CC(=O)CCc1cncn1Cc1cc(C#N)c2ccccc2c1. The maximum absolute atomic E-state index is 11.2. The summed E-state index contributed by atoms with van der Waals surface area (Å²) in [5, 5.41) is 11.4. The van der Waals surface area contributed by atoms with Gasteiger partial charge in [-0.25, -0.2) is 4.98 Å². The van der Waals surface area contributed by atoms with E-state index in [0.29, 0.717) is 24.9 Å². The third kappa shape index (κ3) is 3.29. The molecule has 3 rings (SSSR count). The zero-order valence-corrected chi connectivity index (χ0v) is 13.0. The van der Waals surface area contributed by atoms with Gasteiger partial charge in [0.25, 0.3) is 0 Å². The summed E-state index contributed by atoms with van der Waals surface area (Å²) < 4.78 is 2.04. The van der Waals surface area contributed by atoms with Gasteiger partial charge < -0.3 is 9.36 Å². The zero-order valence-electron chi connectivity index (χ0n) is 13.0. The first-order valence-electron chi connectivity index (χ1n) is 7.57. The van der Waals surface area contributed by atoms with Gasteiger partial charge in [0.15, 0.2) is 0 Å². The molecule has 3 aromatic rings. The van der Waals surface area contributed by atoms with Crippen LogP contribution in [0.25, 0.3) is 10.8 Å². The minimum Gasteiger partial charge on any atom is -0.330 e. The van der Waals surface area contributed by atoms with Crippen LogP contribution in [0, 0.1) is 11.3 Å². The molecule has 0 spiro atoms. The molecule has 0 amide bonds. The normalized spacial score (nSPS) is 10.6. The highest BCUT2D eigenvalue weighted by atomic mass is 16.1. The van der Waals surface area contributed by atoms with Gasteiger partial charge in [0, 0.05) is 24.9 Å². The Morgan fingerprint density at radius 1 is 1.30 bits per heavy atom. The van der Waals surface area contributed by atoms with E-state index < -0.39 is 0 Å². The molecule has 0 unspecified atom stereocenters. The van der Waals surface area contributed by atoms with Crippen LogP contribution in [0.1, 0.15) is 30.2 Å². The number of nitrogens with zero attached hydrogens (tertiary/aromatic N) is 3. The van der Waals surface area contributed by atoms with Gasteiger partial charge in [-0.1, -0.05) is 24.3 Å². The Hall–Kier alpha value is -2.93. The van der Waals surface area contributed by atoms with Gasteiger partial charge in [-0.15, -0.1) is 0 Å². The fourth-order valence-electron chi connectivity index (χ4n) is 2.76. The Bertz CT molecular complexity index is 902. The molecule has 0 saturated heterocycles. The van der Waals surface area contributed by atoms with E-state index >= 15 is 0 Å². The Morgan fingerprint density at radius 3 is 2.91 bits per heavy atom. The number of aryl methyl sites for hydroxylation is 1. The molecular weight excluding hydrogens is 286 g/mol. The third-order valence-electron chi connectivity index (χ3n) is 3.93. The summed E-state index contributed by atoms with van der Waals surface area (Å²) in [6.45, 7) is 2.25. The Kier molecular flexibility index (Phi) is 4.20. The van der Waals surface area contributed by atoms with E-state index in [9.17, 15) is 10.1 Å². The Labute approximate surface area is 135 Å². The van der Waals surface area contributed by atoms with Crippen LogP contribution in [0.4, 0.5) is 0 Å². The van der Waals surface area contributed by atoms with E-state index in [0.717, 1.165) is 22.0 Å². The minimum atomic E-state index is 0.176. The molecule has 4 heteroatoms. The topological polar surface area (TPSA) is 58.7 Å². The van der Waals surface area contributed by atoms with Crippen LogP contribution in [0.2, 0.25) is 0 Å². The van der Waals surface area contributed by atoms with Crippen molar-refractivity contribution in [2.75, 3.05) is 0 Å². The molecule has 2 aromatic carbocycles. The summed E-state index contributed by atoms with van der Waals surface area (Å²) in [5.41, 5.74) is 2.78. The van der Waals surface area contributed by atoms with Crippen molar-refractivity contribution in [2.45, 2.75) is 26.3 Å². The molecule has 0 fully saturated rings. The predicted molar refractivity (Wildman–Crippen MR) is 89.0 cm³/mol. The Balaban J connectivity index is 1.92. The second kappa shape index (κ2) is 6.45. The number of imidazole rings is 1. The first-order chi connectivity index (χ1) is 11.2. The highest BCUT2D eigenvalue weighted by Gasteiger charge is 2.07. The van der Waals surface area contributed by atoms with Crippen LogP contribution in [0.15, 0.2) is 48.9 Å².